The van der Waals surface area contributed by atoms with Crippen LogP contribution in [0.4, 0.5) is 10.1 Å². The van der Waals surface area contributed by atoms with Gasteiger partial charge in [-0.15, -0.1) is 0 Å². The van der Waals surface area contributed by atoms with Gasteiger partial charge in [0.1, 0.15) is 5.82 Å². The second-order valence-electron chi connectivity index (χ2n) is 11.9. The minimum absolute atomic E-state index is 0.0170. The lowest BCUT2D eigenvalue weighted by Crippen LogP contribution is -2.35. The Morgan fingerprint density at radius 1 is 1.00 bits per heavy atom. The predicted octanol–water partition coefficient (Wildman–Crippen LogP) is 6.71. The van der Waals surface area contributed by atoms with Crippen molar-refractivity contribution >= 4 is 15.7 Å². The summed E-state index contributed by atoms with van der Waals surface area (Å²) >= 11 is 0. The number of rotatable bonds is 9. The summed E-state index contributed by atoms with van der Waals surface area (Å²) < 4.78 is 43.6. The molecule has 2 aromatic carbocycles. The van der Waals surface area contributed by atoms with Crippen LogP contribution < -0.4 is 4.72 Å². The van der Waals surface area contributed by atoms with Crippen molar-refractivity contribution in [2.24, 2.45) is 23.7 Å². The Bertz CT molecular complexity index is 1270. The van der Waals surface area contributed by atoms with Crippen molar-refractivity contribution < 1.29 is 12.8 Å². The molecular formula is C31H39FN2O2S. The number of fused-ring (bicyclic) bond motifs is 3. The van der Waals surface area contributed by atoms with E-state index in [1.807, 2.05) is 12.1 Å². The average molecular weight is 523 g/mol. The van der Waals surface area contributed by atoms with Crippen molar-refractivity contribution in [2.75, 3.05) is 17.8 Å². The summed E-state index contributed by atoms with van der Waals surface area (Å²) in [6, 6.07) is 10.3. The van der Waals surface area contributed by atoms with Crippen LogP contribution in [0.2, 0.25) is 0 Å². The van der Waals surface area contributed by atoms with Gasteiger partial charge in [-0.25, -0.2) is 12.8 Å². The van der Waals surface area contributed by atoms with Crippen LogP contribution in [-0.4, -0.2) is 26.4 Å². The standard InChI is InChI=1S/C31H39FN2O2S/c32-30-18-23(7-3-6-22-4-1-2-5-22)9-13-31(30)33-37(35,36)29-12-11-27-20-34(15-14-26(27)19-29)21-28-17-24-8-10-25(28)16-24/h8-13,18-19,22,24-25,28,33H,1-7,14-17,20-21H2. The smallest absolute Gasteiger partial charge is 0.261 e. The first-order valence-electron chi connectivity index (χ1n) is 14.3. The number of benzene rings is 2. The zero-order valence-electron chi connectivity index (χ0n) is 21.7. The van der Waals surface area contributed by atoms with Crippen LogP contribution >= 0.6 is 0 Å². The van der Waals surface area contributed by atoms with Gasteiger partial charge in [0, 0.05) is 19.6 Å². The Labute approximate surface area is 221 Å². The Hall–Kier alpha value is -2.18. The minimum atomic E-state index is -3.86. The van der Waals surface area contributed by atoms with Crippen LogP contribution in [0.5, 0.6) is 0 Å². The van der Waals surface area contributed by atoms with Crippen LogP contribution in [0, 0.1) is 29.5 Å². The van der Waals surface area contributed by atoms with Crippen molar-refractivity contribution in [3.8, 4) is 0 Å². The molecule has 1 N–H and O–H groups in total. The quantitative estimate of drug-likeness (QED) is 0.373. The highest BCUT2D eigenvalue weighted by atomic mass is 32.2. The third-order valence-electron chi connectivity index (χ3n) is 9.32. The maximum absolute atomic E-state index is 14.8. The molecular weight excluding hydrogens is 483 g/mol. The molecule has 4 nitrogen and oxygen atoms in total. The van der Waals surface area contributed by atoms with Crippen LogP contribution in [0.15, 0.2) is 53.4 Å². The van der Waals surface area contributed by atoms with Gasteiger partial charge in [-0.05, 0) is 96.7 Å². The highest BCUT2D eigenvalue weighted by Crippen LogP contribution is 2.44. The molecule has 2 fully saturated rings. The van der Waals surface area contributed by atoms with E-state index in [1.165, 1.54) is 56.6 Å². The third kappa shape index (κ3) is 5.65. The minimum Gasteiger partial charge on any atom is -0.298 e. The lowest BCUT2D eigenvalue weighted by molar-refractivity contribution is 0.199. The summed E-state index contributed by atoms with van der Waals surface area (Å²) in [6.45, 7) is 2.96. The summed E-state index contributed by atoms with van der Waals surface area (Å²) in [6.07, 6.45) is 16.7. The molecule has 6 heteroatoms. The Morgan fingerprint density at radius 3 is 2.62 bits per heavy atom. The molecule has 6 rings (SSSR count). The number of anilines is 1. The molecule has 2 aromatic rings. The lowest BCUT2D eigenvalue weighted by Gasteiger charge is -2.32. The van der Waals surface area contributed by atoms with Gasteiger partial charge in [0.05, 0.1) is 10.6 Å². The van der Waals surface area contributed by atoms with Gasteiger partial charge >= 0.3 is 0 Å². The predicted molar refractivity (Wildman–Crippen MR) is 146 cm³/mol. The molecule has 4 aliphatic rings. The average Bonchev–Trinajstić information content (AvgIpc) is 3.65. The molecule has 2 saturated carbocycles. The van der Waals surface area contributed by atoms with Gasteiger partial charge in [-0.1, -0.05) is 56.4 Å². The molecule has 37 heavy (non-hydrogen) atoms. The third-order valence-corrected chi connectivity index (χ3v) is 10.7. The van der Waals surface area contributed by atoms with Gasteiger partial charge in [-0.2, -0.15) is 0 Å². The molecule has 3 atom stereocenters. The fourth-order valence-corrected chi connectivity index (χ4v) is 8.36. The molecule has 1 heterocycles. The van der Waals surface area contributed by atoms with E-state index in [4.69, 9.17) is 0 Å². The molecule has 0 aromatic heterocycles. The monoisotopic (exact) mass is 522 g/mol. The summed E-state index contributed by atoms with van der Waals surface area (Å²) in [5.41, 5.74) is 3.24. The van der Waals surface area contributed by atoms with Crippen molar-refractivity contribution in [1.82, 2.24) is 4.90 Å². The fourth-order valence-electron chi connectivity index (χ4n) is 7.24. The van der Waals surface area contributed by atoms with Crippen LogP contribution in [0.25, 0.3) is 0 Å². The second kappa shape index (κ2) is 10.5. The number of hydrogen-bond donors (Lipinski definition) is 1. The zero-order valence-corrected chi connectivity index (χ0v) is 22.5. The maximum atomic E-state index is 14.8. The second-order valence-corrected chi connectivity index (χ2v) is 13.6. The number of nitrogens with one attached hydrogen (secondary N) is 1. The van der Waals surface area contributed by atoms with E-state index in [9.17, 15) is 12.8 Å². The van der Waals surface area contributed by atoms with Gasteiger partial charge in [-0.3, -0.25) is 9.62 Å². The van der Waals surface area contributed by atoms with Gasteiger partial charge in [0.15, 0.2) is 0 Å². The number of halogens is 1. The van der Waals surface area contributed by atoms with Crippen molar-refractivity contribution in [3.63, 3.8) is 0 Å². The molecule has 2 bridgehead atoms. The first kappa shape index (κ1) is 25.1. The van der Waals surface area contributed by atoms with E-state index in [1.54, 1.807) is 18.2 Å². The Balaban J connectivity index is 1.06. The van der Waals surface area contributed by atoms with Crippen LogP contribution in [0.3, 0.4) is 0 Å². The van der Waals surface area contributed by atoms with Gasteiger partial charge in [0.2, 0.25) is 0 Å². The normalized spacial score (nSPS) is 25.6. The summed E-state index contributed by atoms with van der Waals surface area (Å²) in [5.74, 6) is 2.61. The SMILES string of the molecule is O=S(=O)(Nc1ccc(CCCC2CCCC2)cc1F)c1ccc2c(c1)CCN(CC1CC3C=CC1C3)C2. The van der Waals surface area contributed by atoms with Gasteiger partial charge in [0.25, 0.3) is 10.0 Å². The van der Waals surface area contributed by atoms with Crippen LogP contribution in [0.1, 0.15) is 68.1 Å². The van der Waals surface area contributed by atoms with Crippen LogP contribution in [-0.2, 0) is 29.4 Å². The van der Waals surface area contributed by atoms with Crippen molar-refractivity contribution in [2.45, 2.75) is 75.6 Å². The summed E-state index contributed by atoms with van der Waals surface area (Å²) in [5, 5.41) is 0. The van der Waals surface area contributed by atoms with E-state index < -0.39 is 15.8 Å². The van der Waals surface area contributed by atoms with E-state index in [2.05, 4.69) is 21.8 Å². The Morgan fingerprint density at radius 2 is 1.86 bits per heavy atom. The van der Waals surface area contributed by atoms with E-state index >= 15 is 0 Å². The topological polar surface area (TPSA) is 49.4 Å². The number of nitrogens with zero attached hydrogens (tertiary/aromatic N) is 1. The maximum Gasteiger partial charge on any atom is 0.261 e. The number of hydrogen-bond acceptors (Lipinski definition) is 3. The largest absolute Gasteiger partial charge is 0.298 e. The molecule has 198 valence electrons. The number of aryl methyl sites for hydroxylation is 1. The highest BCUT2D eigenvalue weighted by molar-refractivity contribution is 7.92. The molecule has 3 aliphatic carbocycles. The van der Waals surface area contributed by atoms with Crippen molar-refractivity contribution in [3.05, 3.63) is 71.1 Å². The first-order valence-corrected chi connectivity index (χ1v) is 15.7. The Kier molecular flexibility index (Phi) is 7.15. The molecule has 0 radical (unpaired) electrons. The molecule has 0 saturated heterocycles. The zero-order chi connectivity index (χ0) is 25.4. The molecule has 1 aliphatic heterocycles. The molecule has 3 unspecified atom stereocenters. The number of allylic oxidation sites excluding steroid dienone is 2. The van der Waals surface area contributed by atoms with Crippen molar-refractivity contribution in [1.29, 1.82) is 0 Å². The summed E-state index contributed by atoms with van der Waals surface area (Å²) in [7, 11) is -3.86. The van der Waals surface area contributed by atoms with E-state index in [0.717, 1.165) is 73.7 Å². The first-order chi connectivity index (χ1) is 17.9. The fraction of sp³-hybridized carbons (Fsp3) is 0.548. The van der Waals surface area contributed by atoms with E-state index in [-0.39, 0.29) is 10.6 Å². The van der Waals surface area contributed by atoms with E-state index in [0.29, 0.717) is 0 Å². The number of sulfonamides is 1. The summed E-state index contributed by atoms with van der Waals surface area (Å²) in [4.78, 5) is 2.73. The highest BCUT2D eigenvalue weighted by Gasteiger charge is 2.36. The molecule has 0 amide bonds. The molecule has 0 spiro atoms. The van der Waals surface area contributed by atoms with Gasteiger partial charge < -0.3 is 0 Å². The lowest BCUT2D eigenvalue weighted by atomic mass is 9.91.